The predicted octanol–water partition coefficient (Wildman–Crippen LogP) is 1.68. The molecule has 2 N–H and O–H groups in total. The van der Waals surface area contributed by atoms with Crippen molar-refractivity contribution in [2.75, 3.05) is 5.73 Å². The fraction of sp³-hybridized carbons (Fsp3) is 0.188. The molecule has 0 atom stereocenters. The van der Waals surface area contributed by atoms with Crippen LogP contribution in [-0.4, -0.2) is 19.8 Å². The fourth-order valence-corrected chi connectivity index (χ4v) is 2.38. The number of hydrogen-bond donors (Lipinski definition) is 1. The Hall–Kier alpha value is -2.89. The van der Waals surface area contributed by atoms with E-state index < -0.39 is 5.69 Å². The molecule has 0 spiro atoms. The molecule has 112 valence electrons. The van der Waals surface area contributed by atoms with E-state index >= 15 is 0 Å². The third-order valence-electron chi connectivity index (χ3n) is 3.55. The minimum Gasteiger partial charge on any atom is -0.399 e. The molecule has 0 bridgehead atoms. The first-order valence-corrected chi connectivity index (χ1v) is 6.99. The molecule has 6 heteroatoms. The highest BCUT2D eigenvalue weighted by Crippen LogP contribution is 2.14. The first-order valence-electron chi connectivity index (χ1n) is 6.99. The Balaban J connectivity index is 2.02. The van der Waals surface area contributed by atoms with Crippen LogP contribution in [0.1, 0.15) is 16.7 Å². The zero-order valence-corrected chi connectivity index (χ0v) is 12.5. The van der Waals surface area contributed by atoms with Crippen molar-refractivity contribution >= 4 is 5.69 Å². The molecule has 2 aromatic carbocycles. The molecule has 0 fully saturated rings. The minimum absolute atomic E-state index is 0.391. The average Bonchev–Trinajstić information content (AvgIpc) is 2.84. The number of nitrogens with zero attached hydrogens (tertiary/aromatic N) is 4. The van der Waals surface area contributed by atoms with Crippen molar-refractivity contribution in [3.05, 3.63) is 69.6 Å². The van der Waals surface area contributed by atoms with E-state index in [4.69, 9.17) is 5.73 Å². The summed E-state index contributed by atoms with van der Waals surface area (Å²) in [6.45, 7) is 4.38. The van der Waals surface area contributed by atoms with Crippen LogP contribution in [0.15, 0.2) is 47.3 Å². The summed E-state index contributed by atoms with van der Waals surface area (Å²) in [6, 6.07) is 13.4. The zero-order valence-electron chi connectivity index (χ0n) is 12.5. The van der Waals surface area contributed by atoms with Gasteiger partial charge in [0.05, 0.1) is 12.2 Å². The highest BCUT2D eigenvalue weighted by molar-refractivity contribution is 5.47. The van der Waals surface area contributed by atoms with Gasteiger partial charge in [-0.1, -0.05) is 29.4 Å². The van der Waals surface area contributed by atoms with Crippen molar-refractivity contribution in [1.29, 1.82) is 0 Å². The SMILES string of the molecule is Cc1cccc(-n2c(=O)nnn2Cc2ccc(N)c(C)c2)c1. The van der Waals surface area contributed by atoms with E-state index in [1.807, 2.05) is 56.3 Å². The number of aryl methyl sites for hydroxylation is 2. The third-order valence-corrected chi connectivity index (χ3v) is 3.55. The van der Waals surface area contributed by atoms with Gasteiger partial charge in [-0.25, -0.2) is 4.79 Å². The Morgan fingerprint density at radius 2 is 1.95 bits per heavy atom. The van der Waals surface area contributed by atoms with Crippen LogP contribution in [0, 0.1) is 13.8 Å². The van der Waals surface area contributed by atoms with Gasteiger partial charge in [-0.3, -0.25) is 0 Å². The molecule has 1 heterocycles. The van der Waals surface area contributed by atoms with Crippen LogP contribution in [0.3, 0.4) is 0 Å². The first-order chi connectivity index (χ1) is 10.5. The van der Waals surface area contributed by atoms with Gasteiger partial charge in [-0.05, 0) is 54.0 Å². The van der Waals surface area contributed by atoms with Gasteiger partial charge in [-0.2, -0.15) is 9.48 Å². The zero-order chi connectivity index (χ0) is 15.7. The normalized spacial score (nSPS) is 10.8. The molecule has 1 aromatic heterocycles. The number of hydrogen-bond acceptors (Lipinski definition) is 4. The quantitative estimate of drug-likeness (QED) is 0.746. The molecule has 0 radical (unpaired) electrons. The van der Waals surface area contributed by atoms with E-state index in [1.165, 1.54) is 4.68 Å². The van der Waals surface area contributed by atoms with E-state index in [0.717, 1.165) is 28.1 Å². The third kappa shape index (κ3) is 2.63. The van der Waals surface area contributed by atoms with Gasteiger partial charge in [0.1, 0.15) is 0 Å². The Labute approximate surface area is 127 Å². The maximum Gasteiger partial charge on any atom is 0.388 e. The number of anilines is 1. The summed E-state index contributed by atoms with van der Waals surface area (Å²) in [4.78, 5) is 13.6. The lowest BCUT2D eigenvalue weighted by Gasteiger charge is -2.10. The van der Waals surface area contributed by atoms with E-state index in [1.54, 1.807) is 4.80 Å². The second-order valence-electron chi connectivity index (χ2n) is 5.34. The van der Waals surface area contributed by atoms with E-state index in [9.17, 15) is 4.79 Å². The lowest BCUT2D eigenvalue weighted by atomic mass is 10.1. The van der Waals surface area contributed by atoms with Crippen molar-refractivity contribution in [3.63, 3.8) is 0 Å². The van der Waals surface area contributed by atoms with Crippen molar-refractivity contribution in [2.24, 2.45) is 0 Å². The Bertz CT molecular complexity index is 878. The van der Waals surface area contributed by atoms with Gasteiger partial charge in [0.25, 0.3) is 0 Å². The molecular formula is C16H17N5O. The summed E-state index contributed by atoms with van der Waals surface area (Å²) in [5, 5.41) is 7.61. The molecule has 0 aliphatic heterocycles. The molecule has 0 saturated heterocycles. The molecule has 0 aliphatic carbocycles. The largest absolute Gasteiger partial charge is 0.399 e. The maximum atomic E-state index is 12.0. The van der Waals surface area contributed by atoms with Gasteiger partial charge >= 0.3 is 5.69 Å². The second-order valence-corrected chi connectivity index (χ2v) is 5.34. The second kappa shape index (κ2) is 5.48. The summed E-state index contributed by atoms with van der Waals surface area (Å²) in [6.07, 6.45) is 0. The Morgan fingerprint density at radius 1 is 1.14 bits per heavy atom. The highest BCUT2D eigenvalue weighted by Gasteiger charge is 2.10. The molecule has 3 rings (SSSR count). The summed E-state index contributed by atoms with van der Waals surface area (Å²) in [5.74, 6) is 0. The summed E-state index contributed by atoms with van der Waals surface area (Å²) in [7, 11) is 0. The summed E-state index contributed by atoms with van der Waals surface area (Å²) in [5.41, 5.74) is 10.0. The average molecular weight is 295 g/mol. The Morgan fingerprint density at radius 3 is 2.68 bits per heavy atom. The first kappa shape index (κ1) is 14.1. The highest BCUT2D eigenvalue weighted by atomic mass is 16.2. The van der Waals surface area contributed by atoms with Crippen molar-refractivity contribution in [1.82, 2.24) is 19.8 Å². The molecule has 22 heavy (non-hydrogen) atoms. The fourth-order valence-electron chi connectivity index (χ4n) is 2.38. The number of tetrazole rings is 1. The van der Waals surface area contributed by atoms with Crippen molar-refractivity contribution in [2.45, 2.75) is 20.4 Å². The minimum atomic E-state index is -0.391. The van der Waals surface area contributed by atoms with E-state index in [2.05, 4.69) is 10.3 Å². The van der Waals surface area contributed by atoms with Crippen LogP contribution in [0.2, 0.25) is 0 Å². The van der Waals surface area contributed by atoms with Gasteiger partial charge in [0.2, 0.25) is 0 Å². The van der Waals surface area contributed by atoms with Gasteiger partial charge < -0.3 is 5.73 Å². The molecule has 0 saturated carbocycles. The number of nitrogen functional groups attached to an aromatic ring is 1. The van der Waals surface area contributed by atoms with Crippen LogP contribution >= 0.6 is 0 Å². The summed E-state index contributed by atoms with van der Waals surface area (Å²) < 4.78 is 1.47. The van der Waals surface area contributed by atoms with Gasteiger partial charge in [-0.15, -0.1) is 0 Å². The smallest absolute Gasteiger partial charge is 0.388 e. The molecule has 6 nitrogen and oxygen atoms in total. The van der Waals surface area contributed by atoms with Crippen LogP contribution < -0.4 is 11.4 Å². The Kier molecular flexibility index (Phi) is 3.50. The number of benzene rings is 2. The lowest BCUT2D eigenvalue weighted by molar-refractivity contribution is 0.512. The molecule has 0 unspecified atom stereocenters. The van der Waals surface area contributed by atoms with E-state index in [-0.39, 0.29) is 0 Å². The molecular weight excluding hydrogens is 278 g/mol. The standard InChI is InChI=1S/C16H17N5O/c1-11-4-3-5-14(8-11)21-16(22)18-19-20(21)10-13-6-7-15(17)12(2)9-13/h3-9H,10,17H2,1-2H3. The number of nitrogens with two attached hydrogens (primary N) is 1. The number of rotatable bonds is 3. The van der Waals surface area contributed by atoms with Crippen molar-refractivity contribution < 1.29 is 0 Å². The molecule has 3 aromatic rings. The predicted molar refractivity (Wildman–Crippen MR) is 85.0 cm³/mol. The summed E-state index contributed by atoms with van der Waals surface area (Å²) >= 11 is 0. The van der Waals surface area contributed by atoms with Crippen LogP contribution in [0.4, 0.5) is 5.69 Å². The maximum absolute atomic E-state index is 12.0. The monoisotopic (exact) mass is 295 g/mol. The van der Waals surface area contributed by atoms with Crippen LogP contribution in [0.25, 0.3) is 5.69 Å². The van der Waals surface area contributed by atoms with E-state index in [0.29, 0.717) is 6.54 Å². The van der Waals surface area contributed by atoms with Crippen LogP contribution in [0.5, 0.6) is 0 Å². The van der Waals surface area contributed by atoms with Gasteiger partial charge in [0.15, 0.2) is 0 Å². The number of aromatic nitrogens is 4. The van der Waals surface area contributed by atoms with Crippen molar-refractivity contribution in [3.8, 4) is 5.69 Å². The molecule has 0 amide bonds. The van der Waals surface area contributed by atoms with Gasteiger partial charge in [0, 0.05) is 5.69 Å². The van der Waals surface area contributed by atoms with Crippen LogP contribution in [-0.2, 0) is 6.54 Å². The lowest BCUT2D eigenvalue weighted by Crippen LogP contribution is -2.22. The molecule has 0 aliphatic rings. The topological polar surface area (TPSA) is 78.7 Å².